The number of pyridine rings is 1. The third-order valence-electron chi connectivity index (χ3n) is 3.82. The van der Waals surface area contributed by atoms with Gasteiger partial charge in [0.05, 0.1) is 16.5 Å². The van der Waals surface area contributed by atoms with Gasteiger partial charge in [-0.1, -0.05) is 11.6 Å². The molecule has 0 aromatic carbocycles. The standard InChI is InChI=1S/C12H12ClN5O4/c13-8-4-7(18(21)22)5-14-9(8)17-3-1-2-12(6-17)10(19)15-11(20)16-12/h4-5H,1-3,6H2,(H2,15,16,19,20). The van der Waals surface area contributed by atoms with Crippen LogP contribution >= 0.6 is 11.6 Å². The summed E-state index contributed by atoms with van der Waals surface area (Å²) in [6, 6.07) is 0.702. The second-order valence-electron chi connectivity index (χ2n) is 5.27. The van der Waals surface area contributed by atoms with E-state index in [1.807, 2.05) is 0 Å². The van der Waals surface area contributed by atoms with Crippen LogP contribution < -0.4 is 15.5 Å². The molecule has 0 bridgehead atoms. The van der Waals surface area contributed by atoms with E-state index in [1.165, 1.54) is 6.07 Å². The van der Waals surface area contributed by atoms with Crippen molar-refractivity contribution < 1.29 is 14.5 Å². The Balaban J connectivity index is 1.88. The van der Waals surface area contributed by atoms with Crippen LogP contribution in [0.1, 0.15) is 12.8 Å². The molecule has 2 N–H and O–H groups in total. The summed E-state index contributed by atoms with van der Waals surface area (Å²) < 4.78 is 0. The molecule has 1 aromatic heterocycles. The highest BCUT2D eigenvalue weighted by atomic mass is 35.5. The van der Waals surface area contributed by atoms with Crippen molar-refractivity contribution in [3.05, 3.63) is 27.4 Å². The van der Waals surface area contributed by atoms with Gasteiger partial charge in [0.1, 0.15) is 17.6 Å². The monoisotopic (exact) mass is 325 g/mol. The van der Waals surface area contributed by atoms with Crippen molar-refractivity contribution in [2.75, 3.05) is 18.0 Å². The third-order valence-corrected chi connectivity index (χ3v) is 4.10. The second kappa shape index (κ2) is 5.09. The number of rotatable bonds is 2. The highest BCUT2D eigenvalue weighted by Gasteiger charge is 2.49. The van der Waals surface area contributed by atoms with Gasteiger partial charge in [-0.25, -0.2) is 9.78 Å². The average Bonchev–Trinajstić information content (AvgIpc) is 2.72. The van der Waals surface area contributed by atoms with Gasteiger partial charge in [0, 0.05) is 12.6 Å². The lowest BCUT2D eigenvalue weighted by atomic mass is 9.89. The Kier molecular flexibility index (Phi) is 3.36. The summed E-state index contributed by atoms with van der Waals surface area (Å²) in [6.45, 7) is 0.810. The Labute approximate surface area is 129 Å². The topological polar surface area (TPSA) is 117 Å². The van der Waals surface area contributed by atoms with Crippen LogP contribution in [-0.2, 0) is 4.79 Å². The van der Waals surface area contributed by atoms with Gasteiger partial charge in [0.15, 0.2) is 0 Å². The van der Waals surface area contributed by atoms with Gasteiger partial charge in [-0.15, -0.1) is 0 Å². The van der Waals surface area contributed by atoms with Crippen molar-refractivity contribution in [2.45, 2.75) is 18.4 Å². The molecule has 10 heteroatoms. The summed E-state index contributed by atoms with van der Waals surface area (Å²) >= 11 is 6.07. The maximum atomic E-state index is 12.0. The van der Waals surface area contributed by atoms with Gasteiger partial charge in [0.25, 0.3) is 11.6 Å². The van der Waals surface area contributed by atoms with E-state index in [-0.39, 0.29) is 23.2 Å². The molecule has 3 heterocycles. The van der Waals surface area contributed by atoms with Crippen LogP contribution in [0.4, 0.5) is 16.3 Å². The Morgan fingerprint density at radius 2 is 2.23 bits per heavy atom. The van der Waals surface area contributed by atoms with E-state index in [0.29, 0.717) is 25.2 Å². The number of aromatic nitrogens is 1. The fourth-order valence-corrected chi connectivity index (χ4v) is 3.09. The molecule has 0 aliphatic carbocycles. The molecule has 2 saturated heterocycles. The van der Waals surface area contributed by atoms with Gasteiger partial charge in [-0.05, 0) is 12.8 Å². The van der Waals surface area contributed by atoms with E-state index < -0.39 is 16.5 Å². The Morgan fingerprint density at radius 1 is 1.45 bits per heavy atom. The van der Waals surface area contributed by atoms with Crippen LogP contribution in [0.15, 0.2) is 12.3 Å². The van der Waals surface area contributed by atoms with Crippen molar-refractivity contribution in [1.29, 1.82) is 0 Å². The summed E-state index contributed by atoms with van der Waals surface area (Å²) in [4.78, 5) is 39.3. The zero-order valence-electron chi connectivity index (χ0n) is 11.3. The van der Waals surface area contributed by atoms with Crippen LogP contribution in [0, 0.1) is 10.1 Å². The number of halogens is 1. The molecule has 22 heavy (non-hydrogen) atoms. The molecular formula is C12H12ClN5O4. The third kappa shape index (κ3) is 2.33. The molecule has 2 fully saturated rings. The van der Waals surface area contributed by atoms with Crippen molar-refractivity contribution in [2.24, 2.45) is 0 Å². The number of piperidine rings is 1. The van der Waals surface area contributed by atoms with Crippen molar-refractivity contribution in [3.63, 3.8) is 0 Å². The Bertz CT molecular complexity index is 681. The SMILES string of the molecule is O=C1NC(=O)C2(CCCN(c3ncc([N+](=O)[O-])cc3Cl)C2)N1. The van der Waals surface area contributed by atoms with E-state index in [9.17, 15) is 19.7 Å². The number of hydrogen-bond donors (Lipinski definition) is 2. The minimum absolute atomic E-state index is 0.135. The average molecular weight is 326 g/mol. The van der Waals surface area contributed by atoms with Crippen LogP contribution in [0.2, 0.25) is 5.02 Å². The first-order valence-electron chi connectivity index (χ1n) is 6.60. The molecule has 116 valence electrons. The van der Waals surface area contributed by atoms with Gasteiger partial charge in [0.2, 0.25) is 0 Å². The lowest BCUT2D eigenvalue weighted by Gasteiger charge is -2.38. The lowest BCUT2D eigenvalue weighted by molar-refractivity contribution is -0.385. The predicted octanol–water partition coefficient (Wildman–Crippen LogP) is 0.822. The number of nitro groups is 1. The summed E-state index contributed by atoms with van der Waals surface area (Å²) in [5.74, 6) is -0.0134. The van der Waals surface area contributed by atoms with Crippen molar-refractivity contribution >= 4 is 35.0 Å². The summed E-state index contributed by atoms with van der Waals surface area (Å²) in [5.41, 5.74) is -1.20. The Hall–Kier alpha value is -2.42. The molecule has 3 amide bonds. The van der Waals surface area contributed by atoms with Crippen molar-refractivity contribution in [3.8, 4) is 0 Å². The fraction of sp³-hybridized carbons (Fsp3) is 0.417. The van der Waals surface area contributed by atoms with Crippen LogP contribution in [-0.4, -0.2) is 40.5 Å². The molecule has 9 nitrogen and oxygen atoms in total. The number of imide groups is 1. The minimum atomic E-state index is -0.998. The van der Waals surface area contributed by atoms with E-state index in [0.717, 1.165) is 6.20 Å². The molecule has 0 radical (unpaired) electrons. The van der Waals surface area contributed by atoms with Gasteiger partial charge in [-0.3, -0.25) is 20.2 Å². The molecule has 1 atom stereocenters. The number of nitrogens with zero attached hydrogens (tertiary/aromatic N) is 3. The van der Waals surface area contributed by atoms with Gasteiger partial charge < -0.3 is 10.2 Å². The van der Waals surface area contributed by atoms with Crippen LogP contribution in [0.3, 0.4) is 0 Å². The summed E-state index contributed by atoms with van der Waals surface area (Å²) in [5, 5.41) is 15.7. The second-order valence-corrected chi connectivity index (χ2v) is 5.68. The Morgan fingerprint density at radius 3 is 2.82 bits per heavy atom. The van der Waals surface area contributed by atoms with Crippen LogP contribution in [0.25, 0.3) is 0 Å². The van der Waals surface area contributed by atoms with Gasteiger partial charge >= 0.3 is 6.03 Å². The molecule has 1 aromatic rings. The molecule has 1 unspecified atom stereocenters. The smallest absolute Gasteiger partial charge is 0.322 e. The zero-order chi connectivity index (χ0) is 15.9. The minimum Gasteiger partial charge on any atom is -0.352 e. The number of amides is 3. The number of anilines is 1. The fourth-order valence-electron chi connectivity index (χ4n) is 2.81. The molecule has 2 aliphatic heterocycles. The maximum Gasteiger partial charge on any atom is 0.322 e. The quantitative estimate of drug-likeness (QED) is 0.472. The number of urea groups is 1. The highest BCUT2D eigenvalue weighted by Crippen LogP contribution is 2.32. The molecule has 3 rings (SSSR count). The number of nitrogens with one attached hydrogen (secondary N) is 2. The molecular weight excluding hydrogens is 314 g/mol. The first kappa shape index (κ1) is 14.5. The normalized spacial score (nSPS) is 24.3. The summed E-state index contributed by atoms with van der Waals surface area (Å²) in [7, 11) is 0. The predicted molar refractivity (Wildman–Crippen MR) is 76.8 cm³/mol. The van der Waals surface area contributed by atoms with Crippen LogP contribution in [0.5, 0.6) is 0 Å². The first-order chi connectivity index (χ1) is 10.4. The van der Waals surface area contributed by atoms with Crippen molar-refractivity contribution in [1.82, 2.24) is 15.6 Å². The number of hydrogen-bond acceptors (Lipinski definition) is 6. The first-order valence-corrected chi connectivity index (χ1v) is 6.97. The molecule has 1 spiro atoms. The number of carbonyl (C=O) groups is 2. The van der Waals surface area contributed by atoms with E-state index in [1.54, 1.807) is 4.90 Å². The zero-order valence-corrected chi connectivity index (χ0v) is 12.1. The summed E-state index contributed by atoms with van der Waals surface area (Å²) in [6.07, 6.45) is 2.30. The highest BCUT2D eigenvalue weighted by molar-refractivity contribution is 6.33. The van der Waals surface area contributed by atoms with E-state index in [4.69, 9.17) is 11.6 Å². The lowest BCUT2D eigenvalue weighted by Crippen LogP contribution is -2.58. The number of carbonyl (C=O) groups excluding carboxylic acids is 2. The molecule has 2 aliphatic rings. The van der Waals surface area contributed by atoms with E-state index in [2.05, 4.69) is 15.6 Å². The largest absolute Gasteiger partial charge is 0.352 e. The van der Waals surface area contributed by atoms with E-state index >= 15 is 0 Å². The molecule has 0 saturated carbocycles. The maximum absolute atomic E-state index is 12.0. The van der Waals surface area contributed by atoms with Gasteiger partial charge in [-0.2, -0.15) is 0 Å².